The monoisotopic (exact) mass is 348 g/mol. The van der Waals surface area contributed by atoms with Crippen LogP contribution in [-0.4, -0.2) is 46.4 Å². The van der Waals surface area contributed by atoms with Gasteiger partial charge in [-0.05, 0) is 11.4 Å². The van der Waals surface area contributed by atoms with Crippen molar-refractivity contribution in [2.45, 2.75) is 26.0 Å². The quantitative estimate of drug-likeness (QED) is 0.851. The van der Waals surface area contributed by atoms with Gasteiger partial charge in [0.2, 0.25) is 11.8 Å². The normalized spacial score (nSPS) is 17.7. The first-order valence-corrected chi connectivity index (χ1v) is 8.70. The molecule has 3 heterocycles. The van der Waals surface area contributed by atoms with E-state index < -0.39 is 0 Å². The molecule has 0 aromatic carbocycles. The van der Waals surface area contributed by atoms with Crippen LogP contribution in [0.1, 0.15) is 29.4 Å². The van der Waals surface area contributed by atoms with Gasteiger partial charge in [0.25, 0.3) is 0 Å². The molecule has 1 fully saturated rings. The summed E-state index contributed by atoms with van der Waals surface area (Å²) in [5, 5.41) is 4.69. The highest BCUT2D eigenvalue weighted by molar-refractivity contribution is 7.10. The molecule has 1 aliphatic heterocycles. The third-order valence-electron chi connectivity index (χ3n) is 3.81. The molecule has 7 nitrogen and oxygen atoms in total. The molecule has 2 N–H and O–H groups in total. The number of imidazole rings is 1. The second kappa shape index (κ2) is 7.59. The van der Waals surface area contributed by atoms with E-state index in [0.717, 1.165) is 10.6 Å². The van der Waals surface area contributed by atoms with Gasteiger partial charge in [0, 0.05) is 18.3 Å². The van der Waals surface area contributed by atoms with E-state index in [1.54, 1.807) is 17.5 Å². The first kappa shape index (κ1) is 16.7. The van der Waals surface area contributed by atoms with Gasteiger partial charge in [0.05, 0.1) is 38.0 Å². The molecule has 0 saturated carbocycles. The van der Waals surface area contributed by atoms with Gasteiger partial charge in [-0.25, -0.2) is 4.98 Å². The average Bonchev–Trinajstić information content (AvgIpc) is 3.24. The Morgan fingerprint density at radius 2 is 2.42 bits per heavy atom. The number of aromatic amines is 1. The molecule has 128 valence electrons. The number of morpholine rings is 1. The number of thiophene rings is 1. The summed E-state index contributed by atoms with van der Waals surface area (Å²) in [6, 6.07) is 3.93. The van der Waals surface area contributed by atoms with Gasteiger partial charge < -0.3 is 19.9 Å². The third kappa shape index (κ3) is 4.21. The van der Waals surface area contributed by atoms with Gasteiger partial charge in [0.1, 0.15) is 11.9 Å². The molecule has 24 heavy (non-hydrogen) atoms. The lowest BCUT2D eigenvalue weighted by Crippen LogP contribution is -2.43. The number of nitrogens with one attached hydrogen (secondary N) is 2. The maximum absolute atomic E-state index is 12.4. The maximum Gasteiger partial charge on any atom is 0.228 e. The van der Waals surface area contributed by atoms with E-state index in [1.807, 2.05) is 22.4 Å². The van der Waals surface area contributed by atoms with Crippen LogP contribution in [0.15, 0.2) is 23.7 Å². The molecule has 0 unspecified atom stereocenters. The number of rotatable bonds is 5. The molecule has 2 aromatic heterocycles. The molecule has 1 atom stereocenters. The van der Waals surface area contributed by atoms with Crippen LogP contribution in [0.4, 0.5) is 0 Å². The summed E-state index contributed by atoms with van der Waals surface area (Å²) < 4.78 is 5.75. The Kier molecular flexibility index (Phi) is 5.27. The second-order valence-electron chi connectivity index (χ2n) is 5.66. The summed E-state index contributed by atoms with van der Waals surface area (Å²) in [6.07, 6.45) is 1.84. The minimum atomic E-state index is -0.267. The van der Waals surface area contributed by atoms with Crippen LogP contribution < -0.4 is 5.32 Å². The van der Waals surface area contributed by atoms with E-state index in [0.29, 0.717) is 38.5 Å². The lowest BCUT2D eigenvalue weighted by Gasteiger charge is -2.32. The summed E-state index contributed by atoms with van der Waals surface area (Å²) in [7, 11) is 0. The predicted octanol–water partition coefficient (Wildman–Crippen LogP) is 1.25. The van der Waals surface area contributed by atoms with Crippen LogP contribution in [0.5, 0.6) is 0 Å². The number of H-pyrrole nitrogens is 1. The van der Waals surface area contributed by atoms with Gasteiger partial charge in [-0.15, -0.1) is 11.3 Å². The Hall–Kier alpha value is -2.19. The Bertz CT molecular complexity index is 698. The van der Waals surface area contributed by atoms with Crippen LogP contribution in [0, 0.1) is 0 Å². The van der Waals surface area contributed by atoms with Crippen molar-refractivity contribution in [3.63, 3.8) is 0 Å². The first-order chi connectivity index (χ1) is 11.6. The molecule has 0 radical (unpaired) electrons. The summed E-state index contributed by atoms with van der Waals surface area (Å²) in [4.78, 5) is 33.8. The zero-order valence-corrected chi connectivity index (χ0v) is 14.3. The Balaban J connectivity index is 1.58. The van der Waals surface area contributed by atoms with E-state index in [1.165, 1.54) is 6.92 Å². The van der Waals surface area contributed by atoms with Crippen molar-refractivity contribution in [1.82, 2.24) is 20.2 Å². The van der Waals surface area contributed by atoms with Crippen LogP contribution >= 0.6 is 11.3 Å². The van der Waals surface area contributed by atoms with Gasteiger partial charge in [-0.2, -0.15) is 0 Å². The molecule has 1 saturated heterocycles. The Morgan fingerprint density at radius 1 is 1.54 bits per heavy atom. The molecule has 8 heteroatoms. The van der Waals surface area contributed by atoms with Crippen LogP contribution in [0.3, 0.4) is 0 Å². The van der Waals surface area contributed by atoms with E-state index >= 15 is 0 Å². The van der Waals surface area contributed by atoms with Crippen molar-refractivity contribution in [3.05, 3.63) is 40.1 Å². The fourth-order valence-corrected chi connectivity index (χ4v) is 3.26. The largest absolute Gasteiger partial charge is 0.367 e. The highest BCUT2D eigenvalue weighted by Gasteiger charge is 2.27. The molecule has 0 bridgehead atoms. The maximum atomic E-state index is 12.4. The minimum Gasteiger partial charge on any atom is -0.367 e. The highest BCUT2D eigenvalue weighted by atomic mass is 32.1. The zero-order chi connectivity index (χ0) is 16.9. The highest BCUT2D eigenvalue weighted by Crippen LogP contribution is 2.21. The number of amides is 2. The molecule has 1 aliphatic rings. The number of nitrogens with zero attached hydrogens (tertiary/aromatic N) is 2. The van der Waals surface area contributed by atoms with Crippen molar-refractivity contribution in [2.24, 2.45) is 0 Å². The number of hydrogen-bond donors (Lipinski definition) is 2. The average molecular weight is 348 g/mol. The summed E-state index contributed by atoms with van der Waals surface area (Å²) in [5.41, 5.74) is 0.811. The summed E-state index contributed by atoms with van der Waals surface area (Å²) >= 11 is 1.59. The van der Waals surface area contributed by atoms with Crippen molar-refractivity contribution < 1.29 is 14.3 Å². The molecule has 3 rings (SSSR count). The van der Waals surface area contributed by atoms with Crippen LogP contribution in [-0.2, 0) is 27.3 Å². The van der Waals surface area contributed by atoms with E-state index in [9.17, 15) is 9.59 Å². The van der Waals surface area contributed by atoms with Gasteiger partial charge >= 0.3 is 0 Å². The lowest BCUT2D eigenvalue weighted by atomic mass is 10.2. The topological polar surface area (TPSA) is 87.3 Å². The number of carbonyl (C=O) groups is 2. The van der Waals surface area contributed by atoms with Crippen molar-refractivity contribution in [1.29, 1.82) is 0 Å². The number of carbonyl (C=O) groups excluding carboxylic acids is 2. The van der Waals surface area contributed by atoms with E-state index in [-0.39, 0.29) is 17.9 Å². The van der Waals surface area contributed by atoms with Crippen LogP contribution in [0.25, 0.3) is 0 Å². The minimum absolute atomic E-state index is 0.0922. The fraction of sp³-hybridized carbons (Fsp3) is 0.438. The van der Waals surface area contributed by atoms with Gasteiger partial charge in [-0.1, -0.05) is 6.07 Å². The number of aromatic nitrogens is 2. The SMILES string of the molecule is CC(=O)NCc1cnc([C@@H]2CN(C(=O)Cc3cccs3)CCO2)[nH]1. The fourth-order valence-electron chi connectivity index (χ4n) is 2.56. The number of hydrogen-bond acceptors (Lipinski definition) is 5. The summed E-state index contributed by atoms with van der Waals surface area (Å²) in [5.74, 6) is 0.699. The first-order valence-electron chi connectivity index (χ1n) is 7.82. The standard InChI is InChI=1S/C16H20N4O3S/c1-11(21)17-8-12-9-18-16(19-12)14-10-20(4-5-23-14)15(22)7-13-3-2-6-24-13/h2-3,6,9,14H,4-5,7-8,10H2,1H3,(H,17,21)(H,18,19)/t14-/m0/s1. The smallest absolute Gasteiger partial charge is 0.228 e. The second-order valence-corrected chi connectivity index (χ2v) is 6.69. The van der Waals surface area contributed by atoms with Crippen LogP contribution in [0.2, 0.25) is 0 Å². The third-order valence-corrected chi connectivity index (χ3v) is 4.68. The lowest BCUT2D eigenvalue weighted by molar-refractivity contribution is -0.138. The molecule has 0 spiro atoms. The zero-order valence-electron chi connectivity index (χ0n) is 13.4. The molecular weight excluding hydrogens is 328 g/mol. The molecule has 2 amide bonds. The van der Waals surface area contributed by atoms with Gasteiger partial charge in [-0.3, -0.25) is 9.59 Å². The molecule has 2 aromatic rings. The van der Waals surface area contributed by atoms with Crippen molar-refractivity contribution >= 4 is 23.2 Å². The van der Waals surface area contributed by atoms with Gasteiger partial charge in [0.15, 0.2) is 0 Å². The molecular formula is C16H20N4O3S. The predicted molar refractivity (Wildman–Crippen MR) is 89.4 cm³/mol. The molecule has 0 aliphatic carbocycles. The van der Waals surface area contributed by atoms with Crippen molar-refractivity contribution in [2.75, 3.05) is 19.7 Å². The van der Waals surface area contributed by atoms with E-state index in [2.05, 4.69) is 15.3 Å². The number of ether oxygens (including phenoxy) is 1. The Labute approximate surface area is 144 Å². The van der Waals surface area contributed by atoms with E-state index in [4.69, 9.17) is 4.74 Å². The van der Waals surface area contributed by atoms with Crippen molar-refractivity contribution in [3.8, 4) is 0 Å². The summed E-state index contributed by atoms with van der Waals surface area (Å²) in [6.45, 7) is 3.44. The Morgan fingerprint density at radius 3 is 3.17 bits per heavy atom.